The normalized spacial score (nSPS) is 11.6. The summed E-state index contributed by atoms with van der Waals surface area (Å²) in [5.74, 6) is 0.491. The van der Waals surface area contributed by atoms with Gasteiger partial charge < -0.3 is 14.8 Å². The van der Waals surface area contributed by atoms with Crippen molar-refractivity contribution in [1.29, 1.82) is 0 Å². The number of nitrogens with one attached hydrogen (secondary N) is 1. The molecule has 0 bridgehead atoms. The van der Waals surface area contributed by atoms with Crippen molar-refractivity contribution in [3.63, 3.8) is 0 Å². The molecular formula is C17H22ClFN4. The van der Waals surface area contributed by atoms with Crippen LogP contribution in [-0.2, 0) is 20.0 Å². The summed E-state index contributed by atoms with van der Waals surface area (Å²) < 4.78 is 15.8. The van der Waals surface area contributed by atoms with Crippen LogP contribution in [0.25, 0.3) is 0 Å². The molecule has 1 heterocycles. The number of nitrogens with zero attached hydrogens (tertiary/aromatic N) is 3. The number of aliphatic imine (C=N–C) groups is 1. The highest BCUT2D eigenvalue weighted by molar-refractivity contribution is 6.31. The van der Waals surface area contributed by atoms with Crippen LogP contribution in [0.3, 0.4) is 0 Å². The van der Waals surface area contributed by atoms with Gasteiger partial charge in [-0.3, -0.25) is 4.99 Å². The fraction of sp³-hybridized carbons (Fsp3) is 0.353. The van der Waals surface area contributed by atoms with Crippen LogP contribution in [0.4, 0.5) is 4.39 Å². The second-order valence-electron chi connectivity index (χ2n) is 5.39. The smallest absolute Gasteiger partial charge is 0.193 e. The first-order valence-electron chi connectivity index (χ1n) is 7.47. The molecular weight excluding hydrogens is 315 g/mol. The fourth-order valence-electron chi connectivity index (χ4n) is 2.43. The average molecular weight is 337 g/mol. The predicted octanol–water partition coefficient (Wildman–Crippen LogP) is 3.07. The Kier molecular flexibility index (Phi) is 6.04. The van der Waals surface area contributed by atoms with E-state index in [0.717, 1.165) is 12.5 Å². The molecule has 0 radical (unpaired) electrons. The lowest BCUT2D eigenvalue weighted by atomic mass is 10.1. The van der Waals surface area contributed by atoms with Crippen molar-refractivity contribution in [2.45, 2.75) is 13.0 Å². The molecule has 0 fully saturated rings. The Hall–Kier alpha value is -2.01. The summed E-state index contributed by atoms with van der Waals surface area (Å²) in [6.45, 7) is 1.30. The SMILES string of the molecule is CN=C(NCCc1c(F)cccc1Cl)N(C)Cc1cccn1C. The molecule has 2 rings (SSSR count). The van der Waals surface area contributed by atoms with Gasteiger partial charge in [0.15, 0.2) is 5.96 Å². The van der Waals surface area contributed by atoms with Crippen LogP contribution >= 0.6 is 11.6 Å². The quantitative estimate of drug-likeness (QED) is 0.672. The predicted molar refractivity (Wildman–Crippen MR) is 93.4 cm³/mol. The molecule has 124 valence electrons. The van der Waals surface area contributed by atoms with Gasteiger partial charge in [0.1, 0.15) is 5.82 Å². The lowest BCUT2D eigenvalue weighted by Gasteiger charge is -2.22. The molecule has 0 saturated heterocycles. The molecule has 6 heteroatoms. The van der Waals surface area contributed by atoms with Crippen LogP contribution in [-0.4, -0.2) is 36.1 Å². The number of hydrogen-bond acceptors (Lipinski definition) is 1. The molecule has 1 aromatic carbocycles. The fourth-order valence-corrected chi connectivity index (χ4v) is 2.69. The monoisotopic (exact) mass is 336 g/mol. The Morgan fingerprint density at radius 2 is 2.13 bits per heavy atom. The second kappa shape index (κ2) is 8.02. The van der Waals surface area contributed by atoms with Crippen molar-refractivity contribution >= 4 is 17.6 Å². The van der Waals surface area contributed by atoms with Crippen molar-refractivity contribution < 1.29 is 4.39 Å². The van der Waals surface area contributed by atoms with Crippen LogP contribution in [0.5, 0.6) is 0 Å². The molecule has 1 aromatic heterocycles. The first-order chi connectivity index (χ1) is 11.0. The maximum absolute atomic E-state index is 13.8. The molecule has 23 heavy (non-hydrogen) atoms. The maximum atomic E-state index is 13.8. The summed E-state index contributed by atoms with van der Waals surface area (Å²) in [6, 6.07) is 8.83. The molecule has 0 unspecified atom stereocenters. The van der Waals surface area contributed by atoms with Gasteiger partial charge in [0.05, 0.1) is 6.54 Å². The Morgan fingerprint density at radius 1 is 1.35 bits per heavy atom. The molecule has 0 aliphatic heterocycles. The van der Waals surface area contributed by atoms with Gasteiger partial charge in [0.2, 0.25) is 0 Å². The van der Waals surface area contributed by atoms with Crippen LogP contribution in [0.15, 0.2) is 41.5 Å². The second-order valence-corrected chi connectivity index (χ2v) is 5.80. The van der Waals surface area contributed by atoms with Crippen molar-refractivity contribution in [3.8, 4) is 0 Å². The van der Waals surface area contributed by atoms with Crippen LogP contribution in [0, 0.1) is 5.82 Å². The topological polar surface area (TPSA) is 32.6 Å². The third-order valence-electron chi connectivity index (χ3n) is 3.74. The highest BCUT2D eigenvalue weighted by Crippen LogP contribution is 2.19. The number of guanidine groups is 1. The van der Waals surface area contributed by atoms with Crippen LogP contribution in [0.1, 0.15) is 11.3 Å². The molecule has 0 saturated carbocycles. The molecule has 0 spiro atoms. The van der Waals surface area contributed by atoms with E-state index in [1.165, 1.54) is 11.8 Å². The van der Waals surface area contributed by atoms with Crippen molar-refractivity contribution in [2.75, 3.05) is 20.6 Å². The lowest BCUT2D eigenvalue weighted by molar-refractivity contribution is 0.462. The van der Waals surface area contributed by atoms with Crippen molar-refractivity contribution in [3.05, 3.63) is 58.6 Å². The first kappa shape index (κ1) is 17.3. The van der Waals surface area contributed by atoms with E-state index in [2.05, 4.69) is 20.9 Å². The minimum absolute atomic E-state index is 0.272. The van der Waals surface area contributed by atoms with E-state index in [1.807, 2.05) is 31.3 Å². The van der Waals surface area contributed by atoms with Crippen molar-refractivity contribution in [1.82, 2.24) is 14.8 Å². The molecule has 0 amide bonds. The van der Waals surface area contributed by atoms with E-state index >= 15 is 0 Å². The number of benzene rings is 1. The summed E-state index contributed by atoms with van der Waals surface area (Å²) in [5.41, 5.74) is 1.72. The third-order valence-corrected chi connectivity index (χ3v) is 4.10. The molecule has 0 aliphatic carbocycles. The van der Waals surface area contributed by atoms with Crippen molar-refractivity contribution in [2.24, 2.45) is 12.0 Å². The zero-order chi connectivity index (χ0) is 16.8. The number of hydrogen-bond donors (Lipinski definition) is 1. The van der Waals surface area contributed by atoms with Gasteiger partial charge in [-0.15, -0.1) is 0 Å². The van der Waals surface area contributed by atoms with Gasteiger partial charge in [-0.05, 0) is 30.7 Å². The molecule has 2 aromatic rings. The Morgan fingerprint density at radius 3 is 2.74 bits per heavy atom. The largest absolute Gasteiger partial charge is 0.356 e. The summed E-state index contributed by atoms with van der Waals surface area (Å²) in [5, 5.41) is 3.70. The average Bonchev–Trinajstić information content (AvgIpc) is 2.91. The van der Waals surface area contributed by atoms with E-state index in [4.69, 9.17) is 11.6 Å². The summed E-state index contributed by atoms with van der Waals surface area (Å²) in [4.78, 5) is 6.30. The Balaban J connectivity index is 1.91. The van der Waals surface area contributed by atoms with E-state index in [0.29, 0.717) is 23.6 Å². The zero-order valence-electron chi connectivity index (χ0n) is 13.7. The van der Waals surface area contributed by atoms with Gasteiger partial charge in [0.25, 0.3) is 0 Å². The standard InChI is InChI=1S/C17H22ClFN4/c1-20-17(23(3)12-13-6-5-11-22(13)2)21-10-9-14-15(18)7-4-8-16(14)19/h4-8,11H,9-10,12H2,1-3H3,(H,20,21). The number of halogens is 2. The minimum atomic E-state index is -0.272. The van der Waals surface area contributed by atoms with Gasteiger partial charge in [-0.1, -0.05) is 17.7 Å². The molecule has 0 atom stereocenters. The number of aromatic nitrogens is 1. The van der Waals surface area contributed by atoms with Gasteiger partial charge in [0, 0.05) is 50.2 Å². The lowest BCUT2D eigenvalue weighted by Crippen LogP contribution is -2.39. The molecule has 1 N–H and O–H groups in total. The van der Waals surface area contributed by atoms with E-state index in [1.54, 1.807) is 19.2 Å². The van der Waals surface area contributed by atoms with Gasteiger partial charge in [-0.25, -0.2) is 4.39 Å². The maximum Gasteiger partial charge on any atom is 0.193 e. The highest BCUT2D eigenvalue weighted by atomic mass is 35.5. The highest BCUT2D eigenvalue weighted by Gasteiger charge is 2.10. The first-order valence-corrected chi connectivity index (χ1v) is 7.85. The summed E-state index contributed by atoms with van der Waals surface area (Å²) in [6.07, 6.45) is 2.52. The van der Waals surface area contributed by atoms with Crippen LogP contribution in [0.2, 0.25) is 5.02 Å². The van der Waals surface area contributed by atoms with Gasteiger partial charge >= 0.3 is 0 Å². The summed E-state index contributed by atoms with van der Waals surface area (Å²) in [7, 11) is 5.72. The minimum Gasteiger partial charge on any atom is -0.356 e. The van der Waals surface area contributed by atoms with E-state index in [9.17, 15) is 4.39 Å². The van der Waals surface area contributed by atoms with Gasteiger partial charge in [-0.2, -0.15) is 0 Å². The Labute approximate surface area is 141 Å². The molecule has 0 aliphatic rings. The number of aryl methyl sites for hydroxylation is 1. The van der Waals surface area contributed by atoms with E-state index in [-0.39, 0.29) is 5.82 Å². The van der Waals surface area contributed by atoms with Crippen LogP contribution < -0.4 is 5.32 Å². The van der Waals surface area contributed by atoms with E-state index < -0.39 is 0 Å². The Bertz CT molecular complexity index is 661. The molecule has 4 nitrogen and oxygen atoms in total. The zero-order valence-corrected chi connectivity index (χ0v) is 14.4. The summed E-state index contributed by atoms with van der Waals surface area (Å²) >= 11 is 6.04. The number of rotatable bonds is 5. The third kappa shape index (κ3) is 4.48.